The van der Waals surface area contributed by atoms with Crippen LogP contribution < -0.4 is 13.6 Å². The van der Waals surface area contributed by atoms with Crippen molar-refractivity contribution >= 4 is 80.8 Å². The Morgan fingerprint density at radius 3 is 1.80 bits per heavy atom. The molecule has 0 bridgehead atoms. The maximum Gasteiger partial charge on any atom is 0.250 e. The van der Waals surface area contributed by atoms with Crippen LogP contribution >= 0.6 is 35.3 Å². The first-order valence-electron chi connectivity index (χ1n) is 15.1. The highest BCUT2D eigenvalue weighted by Crippen LogP contribution is 2.48. The minimum absolute atomic E-state index is 0.0192. The van der Waals surface area contributed by atoms with Crippen molar-refractivity contribution in [2.45, 2.75) is 81.2 Å². The summed E-state index contributed by atoms with van der Waals surface area (Å²) in [5.74, 6) is 2.13. The summed E-state index contributed by atoms with van der Waals surface area (Å²) in [4.78, 5) is 18.7. The zero-order valence-electron chi connectivity index (χ0n) is 29.5. The first kappa shape index (κ1) is 37.6. The van der Waals surface area contributed by atoms with Gasteiger partial charge in [-0.15, -0.1) is 35.3 Å². The molecule has 0 unspecified atom stereocenters. The highest BCUT2D eigenvalue weighted by atomic mass is 32.3. The lowest BCUT2D eigenvalue weighted by Gasteiger charge is -2.39. The highest BCUT2D eigenvalue weighted by Gasteiger charge is 2.42. The minimum atomic E-state index is -2.13. The Labute approximate surface area is 286 Å². The van der Waals surface area contributed by atoms with Crippen molar-refractivity contribution in [2.75, 3.05) is 25.9 Å². The van der Waals surface area contributed by atoms with Crippen LogP contribution in [0.15, 0.2) is 42.5 Å². The minimum Gasteiger partial charge on any atom is -0.541 e. The molecule has 0 aliphatic carbocycles. The number of benzene rings is 2. The molecule has 10 heteroatoms. The van der Waals surface area contributed by atoms with E-state index in [1.54, 1.807) is 7.11 Å². The van der Waals surface area contributed by atoms with Crippen LogP contribution in [-0.2, 0) is 0 Å². The highest BCUT2D eigenvalue weighted by molar-refractivity contribution is 8.34. The Bertz CT molecular complexity index is 1550. The summed E-state index contributed by atoms with van der Waals surface area (Å²) in [7, 11) is -2.62. The maximum atomic E-state index is 13.7. The predicted molar refractivity (Wildman–Crippen MR) is 207 cm³/mol. The average molecular weight is 702 g/mol. The lowest BCUT2D eigenvalue weighted by molar-refractivity contribution is 0.1000. The van der Waals surface area contributed by atoms with Gasteiger partial charge in [0.2, 0.25) is 5.78 Å². The van der Waals surface area contributed by atoms with Crippen LogP contribution in [0.4, 0.5) is 0 Å². The van der Waals surface area contributed by atoms with E-state index in [1.165, 1.54) is 35.3 Å². The molecule has 3 rings (SSSR count). The van der Waals surface area contributed by atoms with Gasteiger partial charge >= 0.3 is 0 Å². The van der Waals surface area contributed by atoms with E-state index in [0.717, 1.165) is 28.1 Å². The number of carbonyl (C=O) groups is 1. The van der Waals surface area contributed by atoms with Gasteiger partial charge in [-0.3, -0.25) is 4.79 Å². The van der Waals surface area contributed by atoms with E-state index in [1.807, 2.05) is 61.3 Å². The van der Waals surface area contributed by atoms with E-state index in [9.17, 15) is 4.79 Å². The largest absolute Gasteiger partial charge is 0.541 e. The van der Waals surface area contributed by atoms with Gasteiger partial charge in [0.05, 0.1) is 18.4 Å². The Kier molecular flexibility index (Phi) is 11.8. The third kappa shape index (κ3) is 8.18. The van der Waals surface area contributed by atoms with Crippen molar-refractivity contribution in [1.82, 2.24) is 4.98 Å². The van der Waals surface area contributed by atoms with E-state index < -0.39 is 20.0 Å². The van der Waals surface area contributed by atoms with Crippen LogP contribution in [-0.4, -0.2) is 56.7 Å². The molecule has 0 aliphatic rings. The molecule has 3 aromatic rings. The van der Waals surface area contributed by atoms with Crippen LogP contribution in [0.25, 0.3) is 23.1 Å². The number of fused-ring (bicyclic) bond motifs is 1. The van der Waals surface area contributed by atoms with Crippen molar-refractivity contribution < 1.29 is 18.4 Å². The maximum absolute atomic E-state index is 13.7. The zero-order valence-corrected chi connectivity index (χ0v) is 34.0. The van der Waals surface area contributed by atoms with Crippen molar-refractivity contribution in [1.29, 1.82) is 0 Å². The van der Waals surface area contributed by atoms with E-state index in [2.05, 4.69) is 79.9 Å². The molecule has 0 spiro atoms. The molecule has 45 heavy (non-hydrogen) atoms. The number of carbonyl (C=O) groups excluding carboxylic acids is 1. The van der Waals surface area contributed by atoms with Crippen LogP contribution in [0, 0.1) is 0 Å². The number of Topliss-reactive ketones (excluding diaryl/α,β-unsaturated/α-hetero) is 1. The SMILES string of the molecule is COc1c(C(=O)C(SC)(SC)SC)ccc2ccc(/C=C/c3ccc(O[Si](C)(C)C(C)(C)C)c(O[Si](C)(C)C(C)(C)C)c3)nc12. The van der Waals surface area contributed by atoms with E-state index in [4.69, 9.17) is 18.6 Å². The number of thioether (sulfide) groups is 3. The van der Waals surface area contributed by atoms with Gasteiger partial charge in [-0.1, -0.05) is 65.8 Å². The third-order valence-corrected chi connectivity index (χ3v) is 23.0. The van der Waals surface area contributed by atoms with Crippen molar-refractivity contribution in [3.05, 3.63) is 59.3 Å². The van der Waals surface area contributed by atoms with Crippen LogP contribution in [0.5, 0.6) is 17.2 Å². The molecule has 0 fully saturated rings. The van der Waals surface area contributed by atoms with E-state index in [0.29, 0.717) is 16.8 Å². The summed E-state index contributed by atoms with van der Waals surface area (Å²) < 4.78 is 18.8. The van der Waals surface area contributed by atoms with Gasteiger partial charge in [0.15, 0.2) is 9.16 Å². The first-order chi connectivity index (χ1) is 20.8. The zero-order chi connectivity index (χ0) is 34.0. The summed E-state index contributed by atoms with van der Waals surface area (Å²) in [6.07, 6.45) is 9.94. The second kappa shape index (κ2) is 14.1. The standard InChI is InChI=1S/C35H51NO4S3Si2/c1-33(2,3)44(11,12)39-28-22-16-24(23-29(28)40-45(13,14)34(4,5)6)15-19-26-20-17-25-18-21-27(31(38-7)30(25)36-26)32(37)35(41-8,42-9)43-10/h15-23H,1-14H3/b19-15+. The Hall–Kier alpha value is -1.86. The Morgan fingerprint density at radius 2 is 1.29 bits per heavy atom. The normalized spacial score (nSPS) is 13.4. The summed E-state index contributed by atoms with van der Waals surface area (Å²) in [5, 5.41) is 1.03. The summed E-state index contributed by atoms with van der Waals surface area (Å²) >= 11 is 4.62. The topological polar surface area (TPSA) is 57.7 Å². The number of aromatic nitrogens is 1. The molecular weight excluding hydrogens is 651 g/mol. The number of rotatable bonds is 12. The number of pyridine rings is 1. The molecule has 0 N–H and O–H groups in total. The Balaban J connectivity index is 2.07. The molecule has 2 aromatic carbocycles. The van der Waals surface area contributed by atoms with Gasteiger partial charge in [0, 0.05) is 5.39 Å². The molecule has 0 saturated heterocycles. The fourth-order valence-electron chi connectivity index (χ4n) is 4.18. The number of ether oxygens (including phenoxy) is 1. The smallest absolute Gasteiger partial charge is 0.250 e. The van der Waals surface area contributed by atoms with Gasteiger partial charge in [-0.05, 0) is 90.9 Å². The fraction of sp³-hybridized carbons (Fsp3) is 0.486. The number of hydrogen-bond donors (Lipinski definition) is 0. The molecule has 0 saturated carbocycles. The van der Waals surface area contributed by atoms with Gasteiger partial charge < -0.3 is 13.6 Å². The van der Waals surface area contributed by atoms with Crippen molar-refractivity contribution in [2.24, 2.45) is 0 Å². The number of nitrogens with zero attached hydrogens (tertiary/aromatic N) is 1. The average Bonchev–Trinajstić information content (AvgIpc) is 2.96. The summed E-state index contributed by atoms with van der Waals surface area (Å²) in [5.41, 5.74) is 2.97. The van der Waals surface area contributed by atoms with Crippen molar-refractivity contribution in [3.8, 4) is 17.2 Å². The van der Waals surface area contributed by atoms with Crippen molar-refractivity contribution in [3.63, 3.8) is 0 Å². The number of ketones is 1. The Morgan fingerprint density at radius 1 is 0.756 bits per heavy atom. The molecule has 1 aromatic heterocycles. The van der Waals surface area contributed by atoms with Crippen LogP contribution in [0.1, 0.15) is 63.2 Å². The summed E-state index contributed by atoms with van der Waals surface area (Å²) in [6.45, 7) is 22.5. The fourth-order valence-corrected chi connectivity index (χ4v) is 9.11. The second-order valence-corrected chi connectivity index (χ2v) is 27.5. The van der Waals surface area contributed by atoms with Crippen LogP contribution in [0.2, 0.25) is 36.3 Å². The lowest BCUT2D eigenvalue weighted by Crippen LogP contribution is -2.45. The van der Waals surface area contributed by atoms with Gasteiger partial charge in [-0.25, -0.2) is 4.98 Å². The van der Waals surface area contributed by atoms with E-state index in [-0.39, 0.29) is 15.9 Å². The first-order valence-corrected chi connectivity index (χ1v) is 24.6. The molecule has 1 heterocycles. The lowest BCUT2D eigenvalue weighted by atomic mass is 10.1. The third-order valence-electron chi connectivity index (χ3n) is 9.13. The molecule has 246 valence electrons. The molecule has 0 radical (unpaired) electrons. The second-order valence-electron chi connectivity index (χ2n) is 14.2. The molecular formula is C35H51NO4S3Si2. The molecule has 0 amide bonds. The number of hydrogen-bond acceptors (Lipinski definition) is 8. The van der Waals surface area contributed by atoms with Gasteiger partial charge in [0.25, 0.3) is 16.6 Å². The van der Waals surface area contributed by atoms with Gasteiger partial charge in [-0.2, -0.15) is 0 Å². The quantitative estimate of drug-likeness (QED) is 0.105. The molecule has 5 nitrogen and oxygen atoms in total. The van der Waals surface area contributed by atoms with Gasteiger partial charge in [0.1, 0.15) is 17.0 Å². The van der Waals surface area contributed by atoms with Crippen LogP contribution in [0.3, 0.4) is 0 Å². The molecule has 0 atom stereocenters. The number of methoxy groups -OCH3 is 1. The summed E-state index contributed by atoms with van der Waals surface area (Å²) in [6, 6.07) is 14.0. The monoisotopic (exact) mass is 701 g/mol. The van der Waals surface area contributed by atoms with E-state index >= 15 is 0 Å². The molecule has 0 aliphatic heterocycles. The predicted octanol–water partition coefficient (Wildman–Crippen LogP) is 11.1.